The molecule has 3 aromatic carbocycles. The fraction of sp³-hybridized carbons (Fsp3) is 0.174. The van der Waals surface area contributed by atoms with Crippen LogP contribution in [0.25, 0.3) is 0 Å². The summed E-state index contributed by atoms with van der Waals surface area (Å²) in [7, 11) is 0. The largest absolute Gasteiger partial charge is 0.464 e. The predicted molar refractivity (Wildman–Crippen MR) is 117 cm³/mol. The molecule has 5 nitrogen and oxygen atoms in total. The van der Waals surface area contributed by atoms with Crippen molar-refractivity contribution in [1.29, 1.82) is 0 Å². The van der Waals surface area contributed by atoms with E-state index in [0.29, 0.717) is 5.02 Å². The highest BCUT2D eigenvalue weighted by atomic mass is 79.9. The van der Waals surface area contributed by atoms with Gasteiger partial charge in [0.15, 0.2) is 11.5 Å². The van der Waals surface area contributed by atoms with E-state index in [0.717, 1.165) is 50.5 Å². The van der Waals surface area contributed by atoms with Crippen molar-refractivity contribution in [2.75, 3.05) is 6.79 Å². The van der Waals surface area contributed by atoms with Crippen LogP contribution in [0.3, 0.4) is 0 Å². The van der Waals surface area contributed by atoms with Crippen LogP contribution in [0.2, 0.25) is 5.02 Å². The topological polar surface area (TPSA) is 43.3 Å². The lowest BCUT2D eigenvalue weighted by Gasteiger charge is -2.38. The zero-order valence-electron chi connectivity index (χ0n) is 15.7. The van der Waals surface area contributed by atoms with Gasteiger partial charge < -0.3 is 14.2 Å². The second-order valence-electron chi connectivity index (χ2n) is 7.42. The number of nitrogens with zero attached hydrogens (tertiary/aromatic N) is 2. The Labute approximate surface area is 186 Å². The molecule has 0 aliphatic carbocycles. The highest BCUT2D eigenvalue weighted by molar-refractivity contribution is 9.10. The molecule has 0 bridgehead atoms. The minimum Gasteiger partial charge on any atom is -0.464 e. The lowest BCUT2D eigenvalue weighted by molar-refractivity contribution is -0.0190. The smallest absolute Gasteiger partial charge is 0.231 e. The molecule has 3 aromatic rings. The third-order valence-corrected chi connectivity index (χ3v) is 6.32. The number of hydrogen-bond acceptors (Lipinski definition) is 5. The highest BCUT2D eigenvalue weighted by Gasteiger charge is 2.41. The van der Waals surface area contributed by atoms with Gasteiger partial charge in [0.1, 0.15) is 5.75 Å². The number of halogens is 2. The van der Waals surface area contributed by atoms with Crippen molar-refractivity contribution in [3.8, 4) is 17.2 Å². The molecule has 3 aliphatic rings. The first-order valence-corrected chi connectivity index (χ1v) is 10.8. The quantitative estimate of drug-likeness (QED) is 0.443. The van der Waals surface area contributed by atoms with Crippen LogP contribution < -0.4 is 14.2 Å². The van der Waals surface area contributed by atoms with Crippen molar-refractivity contribution in [2.24, 2.45) is 5.10 Å². The van der Waals surface area contributed by atoms with Crippen molar-refractivity contribution >= 4 is 33.2 Å². The standard InChI is InChI=1S/C23H16BrClN2O3/c24-15-5-7-20-17(10-15)19-11-18(13-4-6-21-22(9-13)29-12-28-21)26-27(19)23(30-20)14-2-1-3-16(25)8-14/h1-10,19,23H,11-12H2. The van der Waals surface area contributed by atoms with Gasteiger partial charge in [-0.1, -0.05) is 39.7 Å². The van der Waals surface area contributed by atoms with Gasteiger partial charge in [-0.25, -0.2) is 5.01 Å². The van der Waals surface area contributed by atoms with E-state index < -0.39 is 0 Å². The molecule has 30 heavy (non-hydrogen) atoms. The van der Waals surface area contributed by atoms with Crippen LogP contribution in [0.4, 0.5) is 0 Å². The Bertz CT molecular complexity index is 1200. The fourth-order valence-corrected chi connectivity index (χ4v) is 4.77. The molecule has 2 atom stereocenters. The van der Waals surface area contributed by atoms with Crippen LogP contribution in [0.1, 0.15) is 35.4 Å². The maximum atomic E-state index is 6.39. The molecule has 0 amide bonds. The summed E-state index contributed by atoms with van der Waals surface area (Å²) in [5.41, 5.74) is 4.09. The SMILES string of the molecule is Clc1cccc(C2Oc3ccc(Br)cc3C3CC(c4ccc5c(c4)OCO5)=NN32)c1. The normalized spacial score (nSPS) is 21.0. The molecular weight excluding hydrogens is 468 g/mol. The molecule has 3 heterocycles. The van der Waals surface area contributed by atoms with Crippen molar-refractivity contribution in [2.45, 2.75) is 18.7 Å². The third kappa shape index (κ3) is 2.94. The molecule has 6 rings (SSSR count). The molecular formula is C23H16BrClN2O3. The zero-order chi connectivity index (χ0) is 20.2. The van der Waals surface area contributed by atoms with Crippen LogP contribution in [0.15, 0.2) is 70.2 Å². The second-order valence-corrected chi connectivity index (χ2v) is 8.77. The van der Waals surface area contributed by atoms with E-state index in [2.05, 4.69) is 22.0 Å². The minimum absolute atomic E-state index is 0.0654. The summed E-state index contributed by atoms with van der Waals surface area (Å²) in [5.74, 6) is 2.39. The van der Waals surface area contributed by atoms with Crippen molar-refractivity contribution in [3.05, 3.63) is 86.8 Å². The van der Waals surface area contributed by atoms with Crippen LogP contribution >= 0.6 is 27.5 Å². The predicted octanol–water partition coefficient (Wildman–Crippen LogP) is 6.07. The number of fused-ring (bicyclic) bond motifs is 4. The van der Waals surface area contributed by atoms with Crippen LogP contribution in [-0.2, 0) is 0 Å². The lowest BCUT2D eigenvalue weighted by Crippen LogP contribution is -2.33. The number of hydrazone groups is 1. The first-order valence-electron chi connectivity index (χ1n) is 9.63. The van der Waals surface area contributed by atoms with Crippen LogP contribution in [-0.4, -0.2) is 17.5 Å². The van der Waals surface area contributed by atoms with Crippen molar-refractivity contribution in [1.82, 2.24) is 5.01 Å². The maximum Gasteiger partial charge on any atom is 0.231 e. The van der Waals surface area contributed by atoms with Gasteiger partial charge in [0.2, 0.25) is 13.0 Å². The Balaban J connectivity index is 1.44. The Morgan fingerprint density at radius 2 is 1.83 bits per heavy atom. The molecule has 0 spiro atoms. The molecule has 0 saturated carbocycles. The first kappa shape index (κ1) is 18.1. The van der Waals surface area contributed by atoms with E-state index in [1.807, 2.05) is 59.6 Å². The fourth-order valence-electron chi connectivity index (χ4n) is 4.19. The van der Waals surface area contributed by atoms with Gasteiger partial charge in [-0.05, 0) is 48.5 Å². The molecule has 0 fully saturated rings. The van der Waals surface area contributed by atoms with Gasteiger partial charge in [0.05, 0.1) is 11.8 Å². The summed E-state index contributed by atoms with van der Waals surface area (Å²) in [5, 5.41) is 7.71. The van der Waals surface area contributed by atoms with Gasteiger partial charge in [-0.2, -0.15) is 5.10 Å². The van der Waals surface area contributed by atoms with Crippen molar-refractivity contribution in [3.63, 3.8) is 0 Å². The molecule has 150 valence electrons. The van der Waals surface area contributed by atoms with Gasteiger partial charge in [0.25, 0.3) is 0 Å². The highest BCUT2D eigenvalue weighted by Crippen LogP contribution is 2.48. The Morgan fingerprint density at radius 3 is 2.73 bits per heavy atom. The number of ether oxygens (including phenoxy) is 3. The number of rotatable bonds is 2. The molecule has 0 N–H and O–H groups in total. The maximum absolute atomic E-state index is 6.39. The van der Waals surface area contributed by atoms with Crippen molar-refractivity contribution < 1.29 is 14.2 Å². The van der Waals surface area contributed by atoms with Gasteiger partial charge >= 0.3 is 0 Å². The zero-order valence-corrected chi connectivity index (χ0v) is 18.1. The molecule has 0 saturated heterocycles. The van der Waals surface area contributed by atoms with E-state index in [1.165, 1.54) is 0 Å². The minimum atomic E-state index is -0.353. The Hall–Kier alpha value is -2.70. The molecule has 7 heteroatoms. The average Bonchev–Trinajstić information content (AvgIpc) is 3.40. The van der Waals surface area contributed by atoms with E-state index in [9.17, 15) is 0 Å². The summed E-state index contributed by atoms with van der Waals surface area (Å²) in [6.45, 7) is 0.256. The van der Waals surface area contributed by atoms with Crippen LogP contribution in [0, 0.1) is 0 Å². The number of benzene rings is 3. The summed E-state index contributed by atoms with van der Waals surface area (Å²) < 4.78 is 18.4. The molecule has 3 aliphatic heterocycles. The second kappa shape index (κ2) is 6.93. The molecule has 2 unspecified atom stereocenters. The summed E-state index contributed by atoms with van der Waals surface area (Å²) in [6.07, 6.45) is 0.415. The van der Waals surface area contributed by atoms with E-state index >= 15 is 0 Å². The van der Waals surface area contributed by atoms with E-state index in [4.69, 9.17) is 30.9 Å². The Morgan fingerprint density at radius 1 is 0.967 bits per heavy atom. The van der Waals surface area contributed by atoms with E-state index in [1.54, 1.807) is 0 Å². The summed E-state index contributed by atoms with van der Waals surface area (Å²) >= 11 is 9.86. The monoisotopic (exact) mass is 482 g/mol. The average molecular weight is 484 g/mol. The third-order valence-electron chi connectivity index (χ3n) is 5.59. The molecule has 0 radical (unpaired) electrons. The van der Waals surface area contributed by atoms with Gasteiger partial charge in [0, 0.05) is 32.6 Å². The first-order chi connectivity index (χ1) is 14.7. The summed E-state index contributed by atoms with van der Waals surface area (Å²) in [4.78, 5) is 0. The van der Waals surface area contributed by atoms with Crippen LogP contribution in [0.5, 0.6) is 17.2 Å². The van der Waals surface area contributed by atoms with Gasteiger partial charge in [-0.3, -0.25) is 0 Å². The molecule has 0 aromatic heterocycles. The van der Waals surface area contributed by atoms with E-state index in [-0.39, 0.29) is 19.1 Å². The number of hydrogen-bond donors (Lipinski definition) is 0. The lowest BCUT2D eigenvalue weighted by atomic mass is 9.96. The Kier molecular flexibility index (Phi) is 4.18. The summed E-state index contributed by atoms with van der Waals surface area (Å²) in [6, 6.07) is 19.9. The van der Waals surface area contributed by atoms with Gasteiger partial charge in [-0.15, -0.1) is 0 Å².